The molecular weight excluding hydrogens is 739 g/mol. The molecule has 0 aliphatic carbocycles. The molecule has 0 N–H and O–H groups in total. The van der Waals surface area contributed by atoms with Gasteiger partial charge in [-0.1, -0.05) is 201 Å². The molecular formula is C55H52OP2. The first-order chi connectivity index (χ1) is 27.8. The smallest absolute Gasteiger partial charge is 0.139 e. The zero-order chi connectivity index (χ0) is 40.4. The van der Waals surface area contributed by atoms with Crippen LogP contribution in [0.1, 0.15) is 77.6 Å². The minimum absolute atomic E-state index is 0.0721. The molecule has 8 aromatic carbocycles. The van der Waals surface area contributed by atoms with Gasteiger partial charge in [0.25, 0.3) is 0 Å². The lowest BCUT2D eigenvalue weighted by atomic mass is 9.72. The fourth-order valence-corrected chi connectivity index (χ4v) is 13.4. The molecule has 0 fully saturated rings. The molecule has 0 unspecified atom stereocenters. The standard InChI is InChI=1S/C55H52OP2/c1-53(2,3)41-33-47-51(49(35-41)57(43-23-11-9-12-24-43)45-29-27-37-19-15-17-21-39(37)31-45)56-52-48(55(47,7)8)34-42(54(4,5)6)36-50(52)58(44-25-13-10-14-26-44)46-30-28-38-20-16-18-22-40(38)32-46/h9-36H,1-8H3/t57-,58-/m0/s1. The van der Waals surface area contributed by atoms with E-state index in [0.29, 0.717) is 0 Å². The van der Waals surface area contributed by atoms with Crippen LogP contribution in [0.15, 0.2) is 170 Å². The van der Waals surface area contributed by atoms with Crippen molar-refractivity contribution in [1.82, 2.24) is 0 Å². The van der Waals surface area contributed by atoms with Crippen molar-refractivity contribution >= 4 is 69.2 Å². The summed E-state index contributed by atoms with van der Waals surface area (Å²) in [5, 5.41) is 12.9. The number of rotatable bonds is 6. The number of hydrogen-bond acceptors (Lipinski definition) is 1. The molecule has 288 valence electrons. The molecule has 1 nitrogen and oxygen atoms in total. The summed E-state index contributed by atoms with van der Waals surface area (Å²) in [5.74, 6) is 2.03. The molecule has 0 spiro atoms. The molecule has 2 atom stereocenters. The molecule has 0 saturated carbocycles. The first kappa shape index (κ1) is 38.5. The van der Waals surface area contributed by atoms with Gasteiger partial charge >= 0.3 is 0 Å². The van der Waals surface area contributed by atoms with Crippen LogP contribution in [0.3, 0.4) is 0 Å². The van der Waals surface area contributed by atoms with Crippen molar-refractivity contribution in [3.8, 4) is 11.5 Å². The average molecular weight is 791 g/mol. The fraction of sp³-hybridized carbons (Fsp3) is 0.200. The van der Waals surface area contributed by atoms with Crippen molar-refractivity contribution in [2.75, 3.05) is 0 Å². The summed E-state index contributed by atoms with van der Waals surface area (Å²) in [6, 6.07) is 63.8. The molecule has 1 aliphatic heterocycles. The predicted molar refractivity (Wildman–Crippen MR) is 255 cm³/mol. The van der Waals surface area contributed by atoms with Gasteiger partial charge in [-0.25, -0.2) is 0 Å². The molecule has 0 aromatic heterocycles. The molecule has 8 aromatic rings. The molecule has 58 heavy (non-hydrogen) atoms. The SMILES string of the molecule is CC(C)(C)c1cc([P@@](c2ccccc2)c2ccc3ccccc3c2)c2c(c1)C(C)(C)c1cc(C(C)(C)C)cc([P@@](c3ccccc3)c3ccc4ccccc4c3)c1O2. The highest BCUT2D eigenvalue weighted by Crippen LogP contribution is 2.54. The van der Waals surface area contributed by atoms with Crippen LogP contribution in [0.5, 0.6) is 11.5 Å². The van der Waals surface area contributed by atoms with Gasteiger partial charge in [-0.05, 0) is 105 Å². The number of benzene rings is 8. The zero-order valence-electron chi connectivity index (χ0n) is 35.0. The van der Waals surface area contributed by atoms with E-state index in [4.69, 9.17) is 4.74 Å². The van der Waals surface area contributed by atoms with Crippen molar-refractivity contribution < 1.29 is 4.74 Å². The zero-order valence-corrected chi connectivity index (χ0v) is 36.8. The van der Waals surface area contributed by atoms with Crippen LogP contribution in [0.2, 0.25) is 0 Å². The summed E-state index contributed by atoms with van der Waals surface area (Å²) in [6.45, 7) is 18.9. The van der Waals surface area contributed by atoms with Crippen LogP contribution in [0.4, 0.5) is 0 Å². The molecule has 0 saturated heterocycles. The molecule has 0 radical (unpaired) electrons. The lowest BCUT2D eigenvalue weighted by molar-refractivity contribution is 0.422. The van der Waals surface area contributed by atoms with E-state index in [-0.39, 0.29) is 16.2 Å². The van der Waals surface area contributed by atoms with Gasteiger partial charge in [0.1, 0.15) is 11.5 Å². The van der Waals surface area contributed by atoms with E-state index >= 15 is 0 Å². The second-order valence-electron chi connectivity index (χ2n) is 18.4. The van der Waals surface area contributed by atoms with Gasteiger partial charge in [0.2, 0.25) is 0 Å². The summed E-state index contributed by atoms with van der Waals surface area (Å²) in [7, 11) is -2.01. The molecule has 3 heteroatoms. The topological polar surface area (TPSA) is 9.23 Å². The third kappa shape index (κ3) is 6.98. The lowest BCUT2D eigenvalue weighted by Gasteiger charge is -2.41. The van der Waals surface area contributed by atoms with Crippen molar-refractivity contribution in [2.24, 2.45) is 0 Å². The Bertz CT molecular complexity index is 2610. The Morgan fingerprint density at radius 1 is 0.379 bits per heavy atom. The van der Waals surface area contributed by atoms with Crippen molar-refractivity contribution in [2.45, 2.75) is 71.6 Å². The minimum atomic E-state index is -1.00. The number of fused-ring (bicyclic) bond motifs is 4. The number of ether oxygens (including phenoxy) is 1. The Morgan fingerprint density at radius 3 is 1.12 bits per heavy atom. The Morgan fingerprint density at radius 2 is 0.741 bits per heavy atom. The normalized spacial score (nSPS) is 14.7. The van der Waals surface area contributed by atoms with Crippen LogP contribution in [-0.2, 0) is 16.2 Å². The van der Waals surface area contributed by atoms with Crippen LogP contribution in [0, 0.1) is 0 Å². The number of hydrogen-bond donors (Lipinski definition) is 0. The van der Waals surface area contributed by atoms with Crippen LogP contribution < -0.4 is 36.6 Å². The maximum absolute atomic E-state index is 7.77. The van der Waals surface area contributed by atoms with E-state index in [0.717, 1.165) is 11.5 Å². The van der Waals surface area contributed by atoms with E-state index < -0.39 is 15.8 Å². The molecule has 1 aliphatic rings. The highest BCUT2D eigenvalue weighted by molar-refractivity contribution is 7.80. The molecule has 0 bridgehead atoms. The van der Waals surface area contributed by atoms with Crippen LogP contribution in [0.25, 0.3) is 21.5 Å². The lowest BCUT2D eigenvalue weighted by Crippen LogP contribution is -2.35. The second kappa shape index (κ2) is 14.6. The van der Waals surface area contributed by atoms with Crippen molar-refractivity contribution in [1.29, 1.82) is 0 Å². The molecule has 0 amide bonds. The summed E-state index contributed by atoms with van der Waals surface area (Å²) in [6.07, 6.45) is 0. The summed E-state index contributed by atoms with van der Waals surface area (Å²) >= 11 is 0. The van der Waals surface area contributed by atoms with Gasteiger partial charge in [0.05, 0.1) is 0 Å². The van der Waals surface area contributed by atoms with E-state index in [9.17, 15) is 0 Å². The van der Waals surface area contributed by atoms with Gasteiger partial charge in [-0.15, -0.1) is 0 Å². The molecule has 1 heterocycles. The summed E-state index contributed by atoms with van der Waals surface area (Å²) in [4.78, 5) is 0. The quantitative estimate of drug-likeness (QED) is 0.152. The highest BCUT2D eigenvalue weighted by Gasteiger charge is 2.42. The maximum atomic E-state index is 7.77. The third-order valence-electron chi connectivity index (χ3n) is 11.9. The Balaban J connectivity index is 1.35. The van der Waals surface area contributed by atoms with E-state index in [1.54, 1.807) is 0 Å². The van der Waals surface area contributed by atoms with Gasteiger partial charge in [0.15, 0.2) is 0 Å². The first-order valence-electron chi connectivity index (χ1n) is 20.5. The van der Waals surface area contributed by atoms with Gasteiger partial charge in [-0.3, -0.25) is 0 Å². The Hall–Kier alpha value is -5.06. The fourth-order valence-electron chi connectivity index (χ4n) is 8.46. The Kier molecular flexibility index (Phi) is 9.71. The van der Waals surface area contributed by atoms with Gasteiger partial charge in [0, 0.05) is 27.2 Å². The minimum Gasteiger partial charge on any atom is -0.455 e. The van der Waals surface area contributed by atoms with Crippen molar-refractivity contribution in [3.63, 3.8) is 0 Å². The van der Waals surface area contributed by atoms with E-state index in [2.05, 4.69) is 225 Å². The highest BCUT2D eigenvalue weighted by atomic mass is 31.1. The second-order valence-corrected chi connectivity index (χ2v) is 22.7. The van der Waals surface area contributed by atoms with Gasteiger partial charge < -0.3 is 4.74 Å². The largest absolute Gasteiger partial charge is 0.455 e. The summed E-state index contributed by atoms with van der Waals surface area (Å²) in [5.41, 5.74) is 4.70. The van der Waals surface area contributed by atoms with Gasteiger partial charge in [-0.2, -0.15) is 0 Å². The maximum Gasteiger partial charge on any atom is 0.139 e. The first-order valence-corrected chi connectivity index (χ1v) is 23.2. The summed E-state index contributed by atoms with van der Waals surface area (Å²) < 4.78 is 7.77. The van der Waals surface area contributed by atoms with Crippen molar-refractivity contribution in [3.05, 3.63) is 192 Å². The average Bonchev–Trinajstić information content (AvgIpc) is 3.21. The monoisotopic (exact) mass is 790 g/mol. The third-order valence-corrected chi connectivity index (χ3v) is 16.8. The Labute approximate surface area is 347 Å². The van der Waals surface area contributed by atoms with E-state index in [1.165, 1.54) is 75.6 Å². The van der Waals surface area contributed by atoms with Crippen LogP contribution >= 0.6 is 15.8 Å². The molecule has 9 rings (SSSR count). The van der Waals surface area contributed by atoms with Crippen LogP contribution in [-0.4, -0.2) is 0 Å². The predicted octanol–water partition coefficient (Wildman–Crippen LogP) is 12.5. The van der Waals surface area contributed by atoms with E-state index in [1.807, 2.05) is 0 Å².